The second kappa shape index (κ2) is 6.31. The molecule has 0 aromatic heterocycles. The quantitative estimate of drug-likeness (QED) is 0.713. The van der Waals surface area contributed by atoms with E-state index in [-0.39, 0.29) is 5.97 Å². The van der Waals surface area contributed by atoms with E-state index in [1.54, 1.807) is 0 Å². The molecule has 0 saturated carbocycles. The molecule has 88 valence electrons. The first-order chi connectivity index (χ1) is 7.59. The van der Waals surface area contributed by atoms with E-state index in [0.717, 1.165) is 12.8 Å². The molecule has 2 nitrogen and oxygen atoms in total. The third kappa shape index (κ3) is 4.47. The lowest BCUT2D eigenvalue weighted by atomic mass is 9.95. The number of hydrogen-bond acceptors (Lipinski definition) is 2. The van der Waals surface area contributed by atoms with Crippen LogP contribution in [0.4, 0.5) is 0 Å². The second-order valence-electron chi connectivity index (χ2n) is 4.36. The van der Waals surface area contributed by atoms with E-state index < -0.39 is 0 Å². The summed E-state index contributed by atoms with van der Waals surface area (Å²) in [7, 11) is 0. The van der Waals surface area contributed by atoms with Crippen LogP contribution in [-0.2, 0) is 16.0 Å². The molecule has 0 aliphatic rings. The monoisotopic (exact) mass is 220 g/mol. The zero-order valence-corrected chi connectivity index (χ0v) is 10.3. The smallest absolute Gasteiger partial charge is 0.302 e. The molecule has 0 saturated heterocycles. The first-order valence-electron chi connectivity index (χ1n) is 5.77. The number of aryl methyl sites for hydroxylation is 1. The topological polar surface area (TPSA) is 26.3 Å². The number of rotatable bonds is 5. The van der Waals surface area contributed by atoms with E-state index in [1.807, 2.05) is 0 Å². The van der Waals surface area contributed by atoms with Crippen LogP contribution in [0.25, 0.3) is 0 Å². The molecule has 0 spiro atoms. The van der Waals surface area contributed by atoms with Crippen LogP contribution in [0.3, 0.4) is 0 Å². The maximum Gasteiger partial charge on any atom is 0.302 e. The van der Waals surface area contributed by atoms with Crippen molar-refractivity contribution >= 4 is 5.97 Å². The maximum atomic E-state index is 10.6. The van der Waals surface area contributed by atoms with Gasteiger partial charge in [-0.2, -0.15) is 0 Å². The minimum absolute atomic E-state index is 0.192. The van der Waals surface area contributed by atoms with Crippen molar-refractivity contribution in [3.63, 3.8) is 0 Å². The van der Waals surface area contributed by atoms with Crippen molar-refractivity contribution < 1.29 is 9.53 Å². The Morgan fingerprint density at radius 2 is 2.06 bits per heavy atom. The van der Waals surface area contributed by atoms with E-state index in [9.17, 15) is 4.79 Å². The Morgan fingerprint density at radius 3 is 2.69 bits per heavy atom. The van der Waals surface area contributed by atoms with Crippen LogP contribution in [0.5, 0.6) is 0 Å². The lowest BCUT2D eigenvalue weighted by Crippen LogP contribution is -2.08. The van der Waals surface area contributed by atoms with Gasteiger partial charge in [0.25, 0.3) is 0 Å². The number of hydrogen-bond donors (Lipinski definition) is 0. The van der Waals surface area contributed by atoms with E-state index in [0.29, 0.717) is 12.5 Å². The van der Waals surface area contributed by atoms with Crippen molar-refractivity contribution in [3.8, 4) is 0 Å². The van der Waals surface area contributed by atoms with Crippen LogP contribution in [0, 0.1) is 12.8 Å². The summed E-state index contributed by atoms with van der Waals surface area (Å²) in [5.41, 5.74) is 2.72. The molecule has 1 atom stereocenters. The Morgan fingerprint density at radius 1 is 1.38 bits per heavy atom. The molecule has 2 heteroatoms. The summed E-state index contributed by atoms with van der Waals surface area (Å²) in [5.74, 6) is 0.351. The molecule has 1 aromatic carbocycles. The van der Waals surface area contributed by atoms with Crippen LogP contribution in [0.15, 0.2) is 24.3 Å². The molecule has 0 heterocycles. The van der Waals surface area contributed by atoms with Gasteiger partial charge in [0.2, 0.25) is 0 Å². The van der Waals surface area contributed by atoms with Gasteiger partial charge in [0, 0.05) is 6.92 Å². The second-order valence-corrected chi connectivity index (χ2v) is 4.36. The Labute approximate surface area is 97.6 Å². The first kappa shape index (κ1) is 12.8. The summed E-state index contributed by atoms with van der Waals surface area (Å²) in [6, 6.07) is 8.43. The van der Waals surface area contributed by atoms with Gasteiger partial charge in [-0.15, -0.1) is 0 Å². The molecule has 1 aromatic rings. The fourth-order valence-corrected chi connectivity index (χ4v) is 1.72. The van der Waals surface area contributed by atoms with Crippen molar-refractivity contribution in [3.05, 3.63) is 35.4 Å². The molecule has 1 rings (SSSR count). The van der Waals surface area contributed by atoms with Crippen molar-refractivity contribution in [2.24, 2.45) is 5.92 Å². The molecule has 0 aliphatic carbocycles. The number of benzene rings is 1. The first-order valence-corrected chi connectivity index (χ1v) is 5.77. The summed E-state index contributed by atoms with van der Waals surface area (Å²) in [6.07, 6.45) is 1.97. The van der Waals surface area contributed by atoms with Crippen LogP contribution < -0.4 is 0 Å². The highest BCUT2D eigenvalue weighted by atomic mass is 16.5. The highest BCUT2D eigenvalue weighted by Crippen LogP contribution is 2.15. The van der Waals surface area contributed by atoms with E-state index >= 15 is 0 Å². The lowest BCUT2D eigenvalue weighted by molar-refractivity contribution is -0.141. The van der Waals surface area contributed by atoms with Crippen LogP contribution in [0.2, 0.25) is 0 Å². The summed E-state index contributed by atoms with van der Waals surface area (Å²) >= 11 is 0. The molecule has 0 amide bonds. The zero-order chi connectivity index (χ0) is 12.0. The minimum Gasteiger partial charge on any atom is -0.466 e. The predicted molar refractivity (Wildman–Crippen MR) is 65.3 cm³/mol. The molecule has 0 fully saturated rings. The van der Waals surface area contributed by atoms with Gasteiger partial charge in [-0.05, 0) is 36.8 Å². The lowest BCUT2D eigenvalue weighted by Gasteiger charge is -2.12. The minimum atomic E-state index is -0.192. The standard InChI is InChI=1S/C14H20O2/c1-11(8-9-16-13(3)15)10-14-7-5-4-6-12(14)2/h4-7,11H,8-10H2,1-3H3/t11-/m1/s1. The zero-order valence-electron chi connectivity index (χ0n) is 10.3. The van der Waals surface area contributed by atoms with Crippen LogP contribution in [0.1, 0.15) is 31.4 Å². The summed E-state index contributed by atoms with van der Waals surface area (Å²) < 4.78 is 4.94. The van der Waals surface area contributed by atoms with Gasteiger partial charge in [-0.1, -0.05) is 31.2 Å². The van der Waals surface area contributed by atoms with Crippen molar-refractivity contribution in [2.45, 2.75) is 33.6 Å². The van der Waals surface area contributed by atoms with Crippen molar-refractivity contribution in [2.75, 3.05) is 6.61 Å². The van der Waals surface area contributed by atoms with Crippen molar-refractivity contribution in [1.29, 1.82) is 0 Å². The van der Waals surface area contributed by atoms with Crippen LogP contribution >= 0.6 is 0 Å². The molecule has 0 N–H and O–H groups in total. The third-order valence-corrected chi connectivity index (χ3v) is 2.75. The largest absolute Gasteiger partial charge is 0.466 e. The van der Waals surface area contributed by atoms with E-state index in [1.165, 1.54) is 18.1 Å². The highest BCUT2D eigenvalue weighted by Gasteiger charge is 2.06. The maximum absolute atomic E-state index is 10.6. The summed E-state index contributed by atoms with van der Waals surface area (Å²) in [4.78, 5) is 10.6. The highest BCUT2D eigenvalue weighted by molar-refractivity contribution is 5.65. The predicted octanol–water partition coefficient (Wildman–Crippen LogP) is 3.13. The van der Waals surface area contributed by atoms with Gasteiger partial charge in [-0.25, -0.2) is 0 Å². The fourth-order valence-electron chi connectivity index (χ4n) is 1.72. The van der Waals surface area contributed by atoms with E-state index in [2.05, 4.69) is 38.1 Å². The Bertz CT molecular complexity index is 344. The number of carbonyl (C=O) groups excluding carboxylic acids is 1. The number of esters is 1. The summed E-state index contributed by atoms with van der Waals surface area (Å²) in [5, 5.41) is 0. The SMILES string of the molecule is CC(=O)OCC[C@@H](C)Cc1ccccc1C. The number of carbonyl (C=O) groups is 1. The van der Waals surface area contributed by atoms with Gasteiger partial charge >= 0.3 is 5.97 Å². The molecular weight excluding hydrogens is 200 g/mol. The fraction of sp³-hybridized carbons (Fsp3) is 0.500. The van der Waals surface area contributed by atoms with Crippen molar-refractivity contribution in [1.82, 2.24) is 0 Å². The number of ether oxygens (including phenoxy) is 1. The molecule has 0 radical (unpaired) electrons. The van der Waals surface area contributed by atoms with Gasteiger partial charge in [0.15, 0.2) is 0 Å². The van der Waals surface area contributed by atoms with Crippen LogP contribution in [-0.4, -0.2) is 12.6 Å². The molecule has 0 unspecified atom stereocenters. The van der Waals surface area contributed by atoms with Gasteiger partial charge in [-0.3, -0.25) is 4.79 Å². The third-order valence-electron chi connectivity index (χ3n) is 2.75. The molecule has 16 heavy (non-hydrogen) atoms. The normalized spacial score (nSPS) is 12.2. The van der Waals surface area contributed by atoms with E-state index in [4.69, 9.17) is 4.74 Å². The van der Waals surface area contributed by atoms with Gasteiger partial charge in [0.05, 0.1) is 6.61 Å². The average molecular weight is 220 g/mol. The molecule has 0 aliphatic heterocycles. The summed E-state index contributed by atoms with van der Waals surface area (Å²) in [6.45, 7) is 6.30. The molecule has 0 bridgehead atoms. The average Bonchev–Trinajstić information content (AvgIpc) is 2.21. The molecular formula is C14H20O2. The van der Waals surface area contributed by atoms with Gasteiger partial charge in [0.1, 0.15) is 0 Å². The Kier molecular flexibility index (Phi) is 5.03. The Balaban J connectivity index is 2.37. The Hall–Kier alpha value is -1.31. The van der Waals surface area contributed by atoms with Gasteiger partial charge < -0.3 is 4.74 Å².